The van der Waals surface area contributed by atoms with Gasteiger partial charge in [0, 0.05) is 5.69 Å². The van der Waals surface area contributed by atoms with Gasteiger partial charge in [0.1, 0.15) is 17.1 Å². The number of aryl methyl sites for hydroxylation is 1. The van der Waals surface area contributed by atoms with Gasteiger partial charge in [0.25, 0.3) is 5.91 Å². The highest BCUT2D eigenvalue weighted by molar-refractivity contribution is 6.06. The van der Waals surface area contributed by atoms with Crippen LogP contribution in [0.2, 0.25) is 0 Å². The molecule has 0 aliphatic rings. The van der Waals surface area contributed by atoms with Gasteiger partial charge in [0.15, 0.2) is 0 Å². The first-order valence-electron chi connectivity index (χ1n) is 6.06. The van der Waals surface area contributed by atoms with Gasteiger partial charge in [-0.1, -0.05) is 6.07 Å². The van der Waals surface area contributed by atoms with Gasteiger partial charge in [0.2, 0.25) is 0 Å². The minimum atomic E-state index is -1.30. The number of hydrogen-bond donors (Lipinski definition) is 4. The van der Waals surface area contributed by atoms with Crippen LogP contribution in [0.4, 0.5) is 5.69 Å². The molecule has 0 spiro atoms. The summed E-state index contributed by atoms with van der Waals surface area (Å²) >= 11 is 0. The van der Waals surface area contributed by atoms with Crippen molar-refractivity contribution in [2.75, 3.05) is 5.32 Å². The molecule has 0 fully saturated rings. The summed E-state index contributed by atoms with van der Waals surface area (Å²) in [7, 11) is 0. The number of nitrogens with one attached hydrogen (secondary N) is 1. The molecule has 0 bridgehead atoms. The van der Waals surface area contributed by atoms with Crippen molar-refractivity contribution >= 4 is 17.6 Å². The average Bonchev–Trinajstić information content (AvgIpc) is 2.40. The first-order valence-corrected chi connectivity index (χ1v) is 6.06. The highest BCUT2D eigenvalue weighted by Gasteiger charge is 2.14. The normalized spacial score (nSPS) is 10.1. The summed E-state index contributed by atoms with van der Waals surface area (Å²) in [6.45, 7) is 1.78. The van der Waals surface area contributed by atoms with E-state index in [-0.39, 0.29) is 22.6 Å². The van der Waals surface area contributed by atoms with Crippen molar-refractivity contribution in [2.45, 2.75) is 6.92 Å². The van der Waals surface area contributed by atoms with Gasteiger partial charge in [-0.3, -0.25) is 4.79 Å². The van der Waals surface area contributed by atoms with Crippen LogP contribution in [0.25, 0.3) is 0 Å². The fraction of sp³-hybridized carbons (Fsp3) is 0.0667. The van der Waals surface area contributed by atoms with Crippen LogP contribution in [0, 0.1) is 6.92 Å². The lowest BCUT2D eigenvalue weighted by atomic mass is 10.1. The van der Waals surface area contributed by atoms with Crippen LogP contribution in [-0.4, -0.2) is 27.2 Å². The molecule has 0 atom stereocenters. The number of phenols is 2. The lowest BCUT2D eigenvalue weighted by molar-refractivity contribution is 0.0693. The van der Waals surface area contributed by atoms with Crippen molar-refractivity contribution in [3.63, 3.8) is 0 Å². The molecule has 0 unspecified atom stereocenters. The molecular weight excluding hydrogens is 274 g/mol. The minimum Gasteiger partial charge on any atom is -0.507 e. The van der Waals surface area contributed by atoms with Crippen LogP contribution < -0.4 is 5.32 Å². The Morgan fingerprint density at radius 3 is 2.29 bits per heavy atom. The van der Waals surface area contributed by atoms with Crippen molar-refractivity contribution in [3.8, 4) is 11.5 Å². The predicted octanol–water partition coefficient (Wildman–Crippen LogP) is 2.36. The first-order chi connectivity index (χ1) is 9.88. The summed E-state index contributed by atoms with van der Waals surface area (Å²) in [6.07, 6.45) is 0. The number of hydrogen-bond acceptors (Lipinski definition) is 4. The molecular formula is C15H13NO5. The van der Waals surface area contributed by atoms with E-state index in [9.17, 15) is 19.8 Å². The van der Waals surface area contributed by atoms with E-state index in [1.807, 2.05) is 0 Å². The van der Waals surface area contributed by atoms with Crippen molar-refractivity contribution in [1.29, 1.82) is 0 Å². The number of anilines is 1. The second-order valence-electron chi connectivity index (χ2n) is 4.51. The van der Waals surface area contributed by atoms with Crippen molar-refractivity contribution < 1.29 is 24.9 Å². The number of aromatic hydroxyl groups is 2. The highest BCUT2D eigenvalue weighted by Crippen LogP contribution is 2.23. The van der Waals surface area contributed by atoms with Crippen molar-refractivity contribution in [2.24, 2.45) is 0 Å². The molecule has 4 N–H and O–H groups in total. The minimum absolute atomic E-state index is 0.0746. The Kier molecular flexibility index (Phi) is 3.80. The quantitative estimate of drug-likeness (QED) is 0.648. The summed E-state index contributed by atoms with van der Waals surface area (Å²) in [5, 5.41) is 30.5. The number of carboxylic acids is 1. The molecule has 0 saturated carbocycles. The lowest BCUT2D eigenvalue weighted by Crippen LogP contribution is -2.12. The number of carbonyl (C=O) groups excluding carboxylic acids is 1. The van der Waals surface area contributed by atoms with E-state index in [0.29, 0.717) is 0 Å². The number of phenolic OH excluding ortho intramolecular Hbond substituents is 1. The number of carbonyl (C=O) groups is 2. The molecule has 0 aliphatic heterocycles. The predicted molar refractivity (Wildman–Crippen MR) is 75.9 cm³/mol. The Morgan fingerprint density at radius 2 is 1.67 bits per heavy atom. The van der Waals surface area contributed by atoms with E-state index in [4.69, 9.17) is 5.11 Å². The summed E-state index contributed by atoms with van der Waals surface area (Å²) in [4.78, 5) is 22.9. The van der Waals surface area contributed by atoms with E-state index in [1.54, 1.807) is 13.0 Å². The van der Waals surface area contributed by atoms with Crippen LogP contribution in [0.15, 0.2) is 36.4 Å². The van der Waals surface area contributed by atoms with E-state index in [1.165, 1.54) is 24.3 Å². The Morgan fingerprint density at radius 1 is 0.952 bits per heavy atom. The second-order valence-corrected chi connectivity index (χ2v) is 4.51. The Balaban J connectivity index is 2.27. The number of rotatable bonds is 3. The molecule has 2 aromatic carbocycles. The molecule has 6 nitrogen and oxygen atoms in total. The van der Waals surface area contributed by atoms with E-state index >= 15 is 0 Å². The zero-order valence-electron chi connectivity index (χ0n) is 11.1. The maximum absolute atomic E-state index is 12.0. The van der Waals surface area contributed by atoms with Crippen LogP contribution in [0.5, 0.6) is 11.5 Å². The van der Waals surface area contributed by atoms with E-state index in [0.717, 1.165) is 11.6 Å². The fourth-order valence-electron chi connectivity index (χ4n) is 1.82. The molecule has 0 radical (unpaired) electrons. The first kappa shape index (κ1) is 14.4. The Hall–Kier alpha value is -3.02. The standard InChI is InChI=1S/C15H13NO5/c1-8-2-4-10(13(18)6-8)14(19)16-9-3-5-12(17)11(7-9)15(20)21/h2-7,17-18H,1H3,(H,16,19)(H,20,21). The summed E-state index contributed by atoms with van der Waals surface area (Å²) in [5.41, 5.74) is 0.767. The number of aromatic carboxylic acids is 1. The van der Waals surface area contributed by atoms with Gasteiger partial charge < -0.3 is 20.6 Å². The van der Waals surface area contributed by atoms with E-state index < -0.39 is 17.6 Å². The summed E-state index contributed by atoms with van der Waals surface area (Å²) < 4.78 is 0. The van der Waals surface area contributed by atoms with Gasteiger partial charge in [-0.05, 0) is 42.8 Å². The highest BCUT2D eigenvalue weighted by atomic mass is 16.4. The smallest absolute Gasteiger partial charge is 0.339 e. The molecule has 108 valence electrons. The molecule has 0 aliphatic carbocycles. The average molecular weight is 287 g/mol. The van der Waals surface area contributed by atoms with Crippen LogP contribution >= 0.6 is 0 Å². The lowest BCUT2D eigenvalue weighted by Gasteiger charge is -2.09. The number of carboxylic acid groups (broad SMARTS) is 1. The zero-order valence-corrected chi connectivity index (χ0v) is 11.1. The number of benzene rings is 2. The molecule has 0 aromatic heterocycles. The maximum Gasteiger partial charge on any atom is 0.339 e. The van der Waals surface area contributed by atoms with Gasteiger partial charge in [-0.25, -0.2) is 4.79 Å². The SMILES string of the molecule is Cc1ccc(C(=O)Nc2ccc(O)c(C(=O)O)c2)c(O)c1. The third-order valence-corrected chi connectivity index (χ3v) is 2.88. The zero-order chi connectivity index (χ0) is 15.6. The molecule has 2 aromatic rings. The Labute approximate surface area is 120 Å². The maximum atomic E-state index is 12.0. The van der Waals surface area contributed by atoms with Crippen LogP contribution in [0.1, 0.15) is 26.3 Å². The summed E-state index contributed by atoms with van der Waals surface area (Å²) in [6, 6.07) is 8.28. The molecule has 0 saturated heterocycles. The summed E-state index contributed by atoms with van der Waals surface area (Å²) in [5.74, 6) is -2.43. The van der Waals surface area contributed by atoms with Gasteiger partial charge >= 0.3 is 5.97 Å². The third kappa shape index (κ3) is 3.11. The Bertz CT molecular complexity index is 724. The van der Waals surface area contributed by atoms with Gasteiger partial charge in [0.05, 0.1) is 5.56 Å². The van der Waals surface area contributed by atoms with Gasteiger partial charge in [-0.15, -0.1) is 0 Å². The topological polar surface area (TPSA) is 107 Å². The van der Waals surface area contributed by atoms with Crippen molar-refractivity contribution in [1.82, 2.24) is 0 Å². The third-order valence-electron chi connectivity index (χ3n) is 2.88. The molecule has 0 heterocycles. The molecule has 21 heavy (non-hydrogen) atoms. The number of amides is 1. The largest absolute Gasteiger partial charge is 0.507 e. The van der Waals surface area contributed by atoms with E-state index in [2.05, 4.69) is 5.32 Å². The van der Waals surface area contributed by atoms with Crippen LogP contribution in [-0.2, 0) is 0 Å². The molecule has 6 heteroatoms. The monoisotopic (exact) mass is 287 g/mol. The molecule has 2 rings (SSSR count). The molecule has 1 amide bonds. The van der Waals surface area contributed by atoms with Crippen LogP contribution in [0.3, 0.4) is 0 Å². The van der Waals surface area contributed by atoms with Gasteiger partial charge in [-0.2, -0.15) is 0 Å². The fourth-order valence-corrected chi connectivity index (χ4v) is 1.82. The van der Waals surface area contributed by atoms with Crippen molar-refractivity contribution in [3.05, 3.63) is 53.1 Å². The second kappa shape index (κ2) is 5.54.